The van der Waals surface area contributed by atoms with E-state index in [9.17, 15) is 8.42 Å². The fourth-order valence-electron chi connectivity index (χ4n) is 3.18. The van der Waals surface area contributed by atoms with Gasteiger partial charge in [0.15, 0.2) is 0 Å². The van der Waals surface area contributed by atoms with Crippen molar-refractivity contribution in [2.75, 3.05) is 19.5 Å². The van der Waals surface area contributed by atoms with Gasteiger partial charge in [0.25, 0.3) is 10.1 Å². The predicted octanol–water partition coefficient (Wildman–Crippen LogP) is 2.02. The highest BCUT2D eigenvalue weighted by Gasteiger charge is 2.29. The number of benzene rings is 1. The van der Waals surface area contributed by atoms with Gasteiger partial charge in [0.05, 0.1) is 19.5 Å². The average Bonchev–Trinajstić information content (AvgIpc) is 2.92. The molecule has 0 spiro atoms. The van der Waals surface area contributed by atoms with Crippen LogP contribution in [0.15, 0.2) is 12.1 Å². The van der Waals surface area contributed by atoms with Gasteiger partial charge in [-0.2, -0.15) is 8.42 Å². The van der Waals surface area contributed by atoms with Crippen molar-refractivity contribution in [2.24, 2.45) is 0 Å². The molecule has 104 valence electrons. The van der Waals surface area contributed by atoms with Gasteiger partial charge in [0, 0.05) is 12.0 Å². The molecule has 4 nitrogen and oxygen atoms in total. The lowest BCUT2D eigenvalue weighted by Crippen LogP contribution is -2.08. The third kappa shape index (κ3) is 2.62. The second-order valence-electron chi connectivity index (χ2n) is 5.26. The average molecular weight is 282 g/mol. The Morgan fingerprint density at radius 2 is 2.21 bits per heavy atom. The van der Waals surface area contributed by atoms with E-state index in [1.807, 2.05) is 0 Å². The minimum atomic E-state index is -3.33. The predicted molar refractivity (Wildman–Crippen MR) is 72.1 cm³/mol. The molecule has 0 bridgehead atoms. The summed E-state index contributed by atoms with van der Waals surface area (Å²) >= 11 is 0. The molecule has 0 unspecified atom stereocenters. The molecule has 19 heavy (non-hydrogen) atoms. The maximum atomic E-state index is 11.0. The van der Waals surface area contributed by atoms with Crippen LogP contribution in [0.1, 0.15) is 35.4 Å². The topological polar surface area (TPSA) is 52.6 Å². The second-order valence-corrected chi connectivity index (χ2v) is 6.91. The number of ether oxygens (including phenoxy) is 1. The molecule has 2 aliphatic rings. The zero-order chi connectivity index (χ0) is 13.5. The van der Waals surface area contributed by atoms with Crippen molar-refractivity contribution >= 4 is 10.1 Å². The first-order valence-corrected chi connectivity index (χ1v) is 8.48. The van der Waals surface area contributed by atoms with E-state index in [0.29, 0.717) is 5.92 Å². The molecule has 1 heterocycles. The summed E-state index contributed by atoms with van der Waals surface area (Å²) in [4.78, 5) is 0. The zero-order valence-electron chi connectivity index (χ0n) is 11.0. The third-order valence-corrected chi connectivity index (χ3v) is 4.54. The molecule has 5 heteroatoms. The van der Waals surface area contributed by atoms with E-state index >= 15 is 0 Å². The quantitative estimate of drug-likeness (QED) is 0.793. The van der Waals surface area contributed by atoms with Crippen LogP contribution in [0, 0.1) is 0 Å². The van der Waals surface area contributed by atoms with Crippen LogP contribution < -0.4 is 4.74 Å². The molecular formula is C14H18O4S. The molecule has 0 amide bonds. The van der Waals surface area contributed by atoms with E-state index in [1.54, 1.807) is 0 Å². The van der Waals surface area contributed by atoms with Gasteiger partial charge in [0.1, 0.15) is 5.75 Å². The summed E-state index contributed by atoms with van der Waals surface area (Å²) in [5, 5.41) is 0. The summed E-state index contributed by atoms with van der Waals surface area (Å²) < 4.78 is 32.5. The molecule has 3 rings (SSSR count). The molecule has 0 aromatic heterocycles. The number of hydrogen-bond acceptors (Lipinski definition) is 4. The van der Waals surface area contributed by atoms with Crippen molar-refractivity contribution < 1.29 is 17.3 Å². The van der Waals surface area contributed by atoms with E-state index in [4.69, 9.17) is 8.92 Å². The summed E-state index contributed by atoms with van der Waals surface area (Å²) in [6.45, 7) is 1.03. The lowest BCUT2D eigenvalue weighted by Gasteiger charge is -2.14. The van der Waals surface area contributed by atoms with Gasteiger partial charge < -0.3 is 4.74 Å². The Bertz CT molecular complexity index is 592. The molecule has 1 aromatic carbocycles. The summed E-state index contributed by atoms with van der Waals surface area (Å²) in [7, 11) is -3.33. The van der Waals surface area contributed by atoms with Crippen LogP contribution in [0.2, 0.25) is 0 Å². The van der Waals surface area contributed by atoms with Gasteiger partial charge in [0.2, 0.25) is 0 Å². The number of fused-ring (bicyclic) bond motifs is 3. The van der Waals surface area contributed by atoms with Gasteiger partial charge in [-0.3, -0.25) is 4.18 Å². The summed E-state index contributed by atoms with van der Waals surface area (Å²) in [6.07, 6.45) is 4.99. The molecule has 0 N–H and O–H groups in total. The van der Waals surface area contributed by atoms with Crippen LogP contribution in [0.5, 0.6) is 5.75 Å². The number of rotatable bonds is 4. The fourth-order valence-corrected chi connectivity index (χ4v) is 3.58. The van der Waals surface area contributed by atoms with Gasteiger partial charge in [-0.15, -0.1) is 0 Å². The van der Waals surface area contributed by atoms with Gasteiger partial charge in [-0.05, 0) is 42.4 Å². The first kappa shape index (κ1) is 12.9. The van der Waals surface area contributed by atoms with Gasteiger partial charge >= 0.3 is 0 Å². The van der Waals surface area contributed by atoms with Crippen molar-refractivity contribution in [3.63, 3.8) is 0 Å². The van der Waals surface area contributed by atoms with Crippen molar-refractivity contribution in [1.82, 2.24) is 0 Å². The van der Waals surface area contributed by atoms with E-state index < -0.39 is 10.1 Å². The third-order valence-electron chi connectivity index (χ3n) is 3.95. The molecule has 1 aliphatic carbocycles. The summed E-state index contributed by atoms with van der Waals surface area (Å²) in [6, 6.07) is 4.22. The van der Waals surface area contributed by atoms with Crippen LogP contribution in [0.4, 0.5) is 0 Å². The van der Waals surface area contributed by atoms with Crippen LogP contribution in [0.3, 0.4) is 0 Å². The van der Waals surface area contributed by atoms with Crippen molar-refractivity contribution in [2.45, 2.75) is 31.6 Å². The molecule has 0 saturated carbocycles. The molecule has 1 aromatic rings. The highest BCUT2D eigenvalue weighted by Crippen LogP contribution is 2.43. The largest absolute Gasteiger partial charge is 0.493 e. The minimum Gasteiger partial charge on any atom is -0.493 e. The number of aryl methyl sites for hydroxylation is 1. The van der Waals surface area contributed by atoms with Crippen LogP contribution in [0.25, 0.3) is 0 Å². The Labute approximate surface area is 113 Å². The van der Waals surface area contributed by atoms with Crippen LogP contribution in [-0.4, -0.2) is 27.9 Å². The normalized spacial score (nSPS) is 21.0. The molecule has 1 aliphatic heterocycles. The van der Waals surface area contributed by atoms with Gasteiger partial charge in [-0.25, -0.2) is 0 Å². The maximum absolute atomic E-state index is 11.0. The monoisotopic (exact) mass is 282 g/mol. The molecule has 1 atom stereocenters. The van der Waals surface area contributed by atoms with Crippen molar-refractivity contribution in [3.05, 3.63) is 28.8 Å². The molecule has 0 radical (unpaired) electrons. The van der Waals surface area contributed by atoms with E-state index in [1.165, 1.54) is 16.7 Å². The Balaban J connectivity index is 1.76. The highest BCUT2D eigenvalue weighted by atomic mass is 32.2. The van der Waals surface area contributed by atoms with Crippen LogP contribution >= 0.6 is 0 Å². The smallest absolute Gasteiger partial charge is 0.264 e. The lowest BCUT2D eigenvalue weighted by atomic mass is 9.92. The minimum absolute atomic E-state index is 0.271. The second kappa shape index (κ2) is 4.80. The van der Waals surface area contributed by atoms with Crippen molar-refractivity contribution in [1.29, 1.82) is 0 Å². The van der Waals surface area contributed by atoms with E-state index in [2.05, 4.69) is 12.1 Å². The zero-order valence-corrected chi connectivity index (χ0v) is 11.8. The SMILES string of the molecule is CS(=O)(=O)OCC[C@@H]1CCc2ccc3c(c21)CCO3. The van der Waals surface area contributed by atoms with Crippen LogP contribution in [-0.2, 0) is 27.1 Å². The lowest BCUT2D eigenvalue weighted by molar-refractivity contribution is 0.302. The van der Waals surface area contributed by atoms with Gasteiger partial charge in [-0.1, -0.05) is 6.07 Å². The van der Waals surface area contributed by atoms with E-state index in [-0.39, 0.29) is 6.61 Å². The standard InChI is InChI=1S/C14H18O4S/c1-19(15,16)18-9-6-11-3-2-10-4-5-13-12(14(10)11)7-8-17-13/h4-5,11H,2-3,6-9H2,1H3/t11-/m0/s1. The molecule has 0 saturated heterocycles. The Kier molecular flexibility index (Phi) is 3.27. The molecular weight excluding hydrogens is 264 g/mol. The first-order valence-electron chi connectivity index (χ1n) is 6.66. The Morgan fingerprint density at radius 1 is 1.37 bits per heavy atom. The summed E-state index contributed by atoms with van der Waals surface area (Å²) in [5.41, 5.74) is 4.13. The van der Waals surface area contributed by atoms with Crippen molar-refractivity contribution in [3.8, 4) is 5.75 Å². The Hall–Kier alpha value is -1.07. The number of hydrogen-bond donors (Lipinski definition) is 0. The summed E-state index contributed by atoms with van der Waals surface area (Å²) in [5.74, 6) is 1.42. The highest BCUT2D eigenvalue weighted by molar-refractivity contribution is 7.85. The van der Waals surface area contributed by atoms with E-state index in [0.717, 1.165) is 44.3 Å². The Morgan fingerprint density at radius 3 is 3.00 bits per heavy atom. The first-order chi connectivity index (χ1) is 9.04. The fraction of sp³-hybridized carbons (Fsp3) is 0.571. The molecule has 0 fully saturated rings. The maximum Gasteiger partial charge on any atom is 0.264 e.